The molecule has 3 aliphatic carbocycles. The molecule has 0 N–H and O–H groups in total. The van der Waals surface area contributed by atoms with Crippen molar-refractivity contribution in [2.24, 2.45) is 17.3 Å². The van der Waals surface area contributed by atoms with Crippen LogP contribution in [0.3, 0.4) is 0 Å². The van der Waals surface area contributed by atoms with E-state index in [0.29, 0.717) is 23.4 Å². The van der Waals surface area contributed by atoms with E-state index in [9.17, 15) is 8.42 Å². The Bertz CT molecular complexity index is 899. The predicted molar refractivity (Wildman–Crippen MR) is 127 cm³/mol. The normalized spacial score (nSPS) is 26.5. The molecular weight excluding hydrogens is 406 g/mol. The maximum Gasteiger partial charge on any atom is 0.243 e. The van der Waals surface area contributed by atoms with Crippen LogP contribution >= 0.6 is 0 Å². The number of fused-ring (bicyclic) bond motifs is 1. The minimum Gasteiger partial charge on any atom is -0.299 e. The van der Waals surface area contributed by atoms with Crippen LogP contribution < -0.4 is 0 Å². The Balaban J connectivity index is 1.26. The first-order valence-electron chi connectivity index (χ1n) is 11.9. The average molecular weight is 446 g/mol. The summed E-state index contributed by atoms with van der Waals surface area (Å²) < 4.78 is 27.5. The van der Waals surface area contributed by atoms with E-state index in [4.69, 9.17) is 0 Å². The summed E-state index contributed by atoms with van der Waals surface area (Å²) in [7, 11) is -3.38. The topological polar surface area (TPSA) is 43.9 Å². The fourth-order valence-corrected chi connectivity index (χ4v) is 7.02. The van der Waals surface area contributed by atoms with Crippen molar-refractivity contribution >= 4 is 10.0 Å². The molecule has 2 fully saturated rings. The van der Waals surface area contributed by atoms with Crippen LogP contribution in [0.1, 0.15) is 39.2 Å². The fourth-order valence-electron chi connectivity index (χ4n) is 5.60. The minimum absolute atomic E-state index is 0.408. The Morgan fingerprint density at radius 1 is 1.10 bits per heavy atom. The smallest absolute Gasteiger partial charge is 0.243 e. The molecule has 1 aromatic rings. The molecule has 2 bridgehead atoms. The lowest BCUT2D eigenvalue weighted by atomic mass is 9.49. The zero-order valence-corrected chi connectivity index (χ0v) is 20.5. The molecule has 1 aliphatic heterocycles. The minimum atomic E-state index is -3.38. The van der Waals surface area contributed by atoms with Gasteiger partial charge in [-0.2, -0.15) is 4.31 Å². The van der Waals surface area contributed by atoms with E-state index < -0.39 is 10.0 Å². The number of likely N-dealkylation sites (N-methyl/N-ethyl adjacent to an activating group) is 1. The van der Waals surface area contributed by atoms with Crippen molar-refractivity contribution in [2.45, 2.75) is 45.4 Å². The number of aryl methyl sites for hydroxylation is 1. The first-order valence-corrected chi connectivity index (χ1v) is 13.4. The molecule has 5 nitrogen and oxygen atoms in total. The second-order valence-electron chi connectivity index (χ2n) is 10.2. The number of hydrogen-bond donors (Lipinski definition) is 0. The van der Waals surface area contributed by atoms with E-state index in [1.165, 1.54) is 12.8 Å². The molecule has 2 unspecified atom stereocenters. The third-order valence-electron chi connectivity index (χ3n) is 8.16. The molecule has 0 radical (unpaired) electrons. The van der Waals surface area contributed by atoms with E-state index in [0.717, 1.165) is 56.7 Å². The van der Waals surface area contributed by atoms with Gasteiger partial charge in [0.2, 0.25) is 10.0 Å². The van der Waals surface area contributed by atoms with Crippen molar-refractivity contribution < 1.29 is 8.42 Å². The van der Waals surface area contributed by atoms with Crippen LogP contribution in [-0.4, -0.2) is 74.9 Å². The number of benzene rings is 1. The third-order valence-corrected chi connectivity index (χ3v) is 10.1. The van der Waals surface area contributed by atoms with Gasteiger partial charge in [-0.3, -0.25) is 9.80 Å². The van der Waals surface area contributed by atoms with Crippen LogP contribution in [0.25, 0.3) is 0 Å². The number of rotatable bonds is 8. The molecule has 0 aromatic heterocycles. The van der Waals surface area contributed by atoms with Gasteiger partial charge in [0.1, 0.15) is 0 Å². The van der Waals surface area contributed by atoms with Crippen LogP contribution in [0, 0.1) is 24.2 Å². The predicted octanol–water partition coefficient (Wildman–Crippen LogP) is 3.62. The van der Waals surface area contributed by atoms with E-state index in [2.05, 4.69) is 36.6 Å². The molecule has 31 heavy (non-hydrogen) atoms. The lowest BCUT2D eigenvalue weighted by Gasteiger charge is -2.57. The highest BCUT2D eigenvalue weighted by Gasteiger charge is 2.51. The quantitative estimate of drug-likeness (QED) is 0.574. The van der Waals surface area contributed by atoms with Crippen molar-refractivity contribution in [3.05, 3.63) is 41.5 Å². The van der Waals surface area contributed by atoms with Crippen LogP contribution in [0.15, 0.2) is 40.8 Å². The molecule has 1 saturated carbocycles. The SMILES string of the molecule is CCN(CCN1CCN(S(=O)(=O)c2ccc(C)cc2)CC1)CC1=CCC2CC1C2(C)C. The van der Waals surface area contributed by atoms with E-state index in [1.54, 1.807) is 22.0 Å². The lowest BCUT2D eigenvalue weighted by Crippen LogP contribution is -2.51. The summed E-state index contributed by atoms with van der Waals surface area (Å²) in [6.07, 6.45) is 5.16. The summed E-state index contributed by atoms with van der Waals surface area (Å²) in [6, 6.07) is 7.19. The zero-order chi connectivity index (χ0) is 22.2. The molecule has 1 aromatic carbocycles. The van der Waals surface area contributed by atoms with Gasteiger partial charge in [0, 0.05) is 45.8 Å². The Morgan fingerprint density at radius 2 is 1.77 bits per heavy atom. The molecule has 6 heteroatoms. The number of sulfonamides is 1. The van der Waals surface area contributed by atoms with Crippen LogP contribution in [-0.2, 0) is 10.0 Å². The fraction of sp³-hybridized carbons (Fsp3) is 0.680. The molecule has 0 amide bonds. The van der Waals surface area contributed by atoms with Crippen molar-refractivity contribution in [3.8, 4) is 0 Å². The molecular formula is C25H39N3O2S. The second-order valence-corrected chi connectivity index (χ2v) is 12.2. The number of hydrogen-bond acceptors (Lipinski definition) is 4. The molecule has 0 spiro atoms. The first kappa shape index (κ1) is 23.0. The summed E-state index contributed by atoms with van der Waals surface area (Å²) >= 11 is 0. The van der Waals surface area contributed by atoms with Gasteiger partial charge < -0.3 is 0 Å². The van der Waals surface area contributed by atoms with Gasteiger partial charge in [-0.15, -0.1) is 0 Å². The molecule has 1 heterocycles. The maximum atomic E-state index is 12.9. The summed E-state index contributed by atoms with van der Waals surface area (Å²) in [5.41, 5.74) is 3.22. The first-order chi connectivity index (χ1) is 14.7. The van der Waals surface area contributed by atoms with Gasteiger partial charge in [0.25, 0.3) is 0 Å². The van der Waals surface area contributed by atoms with Gasteiger partial charge >= 0.3 is 0 Å². The Labute approximate surface area is 189 Å². The van der Waals surface area contributed by atoms with Gasteiger partial charge in [0.15, 0.2) is 0 Å². The molecule has 5 rings (SSSR count). The number of allylic oxidation sites excluding steroid dienone is 1. The standard InChI is InChI=1S/C25H39N3O2S/c1-5-26(19-21-8-9-22-18-24(21)25(22,3)4)12-13-27-14-16-28(17-15-27)31(29,30)23-10-6-20(2)7-11-23/h6-8,10-11,22,24H,5,9,12-19H2,1-4H3. The molecule has 1 saturated heterocycles. The van der Waals surface area contributed by atoms with Gasteiger partial charge in [-0.1, -0.05) is 50.1 Å². The Hall–Kier alpha value is -1.21. The highest BCUT2D eigenvalue weighted by molar-refractivity contribution is 7.89. The zero-order valence-electron chi connectivity index (χ0n) is 19.7. The number of piperazine rings is 1. The Kier molecular flexibility index (Phi) is 6.64. The van der Waals surface area contributed by atoms with Crippen LogP contribution in [0.2, 0.25) is 0 Å². The molecule has 172 valence electrons. The third kappa shape index (κ3) is 4.63. The molecule has 4 aliphatic rings. The van der Waals surface area contributed by atoms with Gasteiger partial charge in [0.05, 0.1) is 4.90 Å². The summed E-state index contributed by atoms with van der Waals surface area (Å²) in [5, 5.41) is 0. The summed E-state index contributed by atoms with van der Waals surface area (Å²) in [6.45, 7) is 16.1. The monoisotopic (exact) mass is 445 g/mol. The second kappa shape index (κ2) is 8.97. The molecule has 2 atom stereocenters. The highest BCUT2D eigenvalue weighted by Crippen LogP contribution is 2.59. The summed E-state index contributed by atoms with van der Waals surface area (Å²) in [5.74, 6) is 1.67. The van der Waals surface area contributed by atoms with E-state index >= 15 is 0 Å². The van der Waals surface area contributed by atoms with Crippen LogP contribution in [0.4, 0.5) is 0 Å². The van der Waals surface area contributed by atoms with Gasteiger partial charge in [-0.25, -0.2) is 8.42 Å². The highest BCUT2D eigenvalue weighted by atomic mass is 32.2. The van der Waals surface area contributed by atoms with Crippen molar-refractivity contribution in [2.75, 3.05) is 52.4 Å². The Morgan fingerprint density at radius 3 is 2.35 bits per heavy atom. The van der Waals surface area contributed by atoms with Crippen molar-refractivity contribution in [3.63, 3.8) is 0 Å². The van der Waals surface area contributed by atoms with Gasteiger partial charge in [-0.05, 0) is 55.7 Å². The number of nitrogens with zero attached hydrogens (tertiary/aromatic N) is 3. The van der Waals surface area contributed by atoms with Crippen molar-refractivity contribution in [1.82, 2.24) is 14.1 Å². The summed E-state index contributed by atoms with van der Waals surface area (Å²) in [4.78, 5) is 5.39. The van der Waals surface area contributed by atoms with E-state index in [-0.39, 0.29) is 0 Å². The largest absolute Gasteiger partial charge is 0.299 e. The van der Waals surface area contributed by atoms with E-state index in [1.807, 2.05) is 19.1 Å². The average Bonchev–Trinajstić information content (AvgIpc) is 2.77. The lowest BCUT2D eigenvalue weighted by molar-refractivity contribution is -0.0107. The van der Waals surface area contributed by atoms with Crippen molar-refractivity contribution in [1.29, 1.82) is 0 Å². The van der Waals surface area contributed by atoms with Crippen LogP contribution in [0.5, 0.6) is 0 Å². The maximum absolute atomic E-state index is 12.9.